The Hall–Kier alpha value is -1.95. The first-order valence-electron chi connectivity index (χ1n) is 10.4. The second-order valence-corrected chi connectivity index (χ2v) is 6.95. The molecule has 1 aromatic carbocycles. The van der Waals surface area contributed by atoms with Gasteiger partial charge in [0.05, 0.1) is 27.4 Å². The van der Waals surface area contributed by atoms with Gasteiger partial charge in [-0.15, -0.1) is 24.0 Å². The van der Waals surface area contributed by atoms with Crippen LogP contribution < -0.4 is 20.1 Å². The van der Waals surface area contributed by atoms with Crippen molar-refractivity contribution in [3.8, 4) is 11.5 Å². The topological polar surface area (TPSA) is 105 Å². The summed E-state index contributed by atoms with van der Waals surface area (Å²) < 4.78 is 15.7. The molecule has 0 aliphatic carbocycles. The molecule has 10 heteroatoms. The van der Waals surface area contributed by atoms with Gasteiger partial charge in [0.1, 0.15) is 17.6 Å². The molecular weight excluding hydrogens is 515 g/mol. The van der Waals surface area contributed by atoms with Crippen molar-refractivity contribution in [3.05, 3.63) is 23.8 Å². The second kappa shape index (κ2) is 14.2. The van der Waals surface area contributed by atoms with Gasteiger partial charge in [0.15, 0.2) is 5.96 Å². The van der Waals surface area contributed by atoms with Crippen LogP contribution in [0.4, 0.5) is 4.79 Å². The first kappa shape index (κ1) is 27.1. The molecule has 176 valence electrons. The van der Waals surface area contributed by atoms with Gasteiger partial charge in [-0.25, -0.2) is 4.79 Å². The number of amides is 1. The van der Waals surface area contributed by atoms with Crippen molar-refractivity contribution < 1.29 is 24.1 Å². The Morgan fingerprint density at radius 2 is 1.97 bits per heavy atom. The van der Waals surface area contributed by atoms with Crippen LogP contribution in [0.15, 0.2) is 23.2 Å². The molecule has 0 bridgehead atoms. The number of hydrogen-bond acceptors (Lipinski definition) is 6. The molecule has 1 unspecified atom stereocenters. The summed E-state index contributed by atoms with van der Waals surface area (Å²) >= 11 is 0. The molecule has 31 heavy (non-hydrogen) atoms. The molecule has 1 saturated heterocycles. The Morgan fingerprint density at radius 3 is 2.55 bits per heavy atom. The van der Waals surface area contributed by atoms with Crippen molar-refractivity contribution in [2.24, 2.45) is 4.99 Å². The zero-order valence-electron chi connectivity index (χ0n) is 18.7. The number of nitrogens with zero attached hydrogens (tertiary/aromatic N) is 2. The lowest BCUT2D eigenvalue weighted by Crippen LogP contribution is -2.50. The van der Waals surface area contributed by atoms with Gasteiger partial charge in [0, 0.05) is 31.2 Å². The van der Waals surface area contributed by atoms with Crippen LogP contribution >= 0.6 is 24.0 Å². The largest absolute Gasteiger partial charge is 0.497 e. The van der Waals surface area contributed by atoms with Gasteiger partial charge in [-0.05, 0) is 44.9 Å². The molecule has 0 spiro atoms. The van der Waals surface area contributed by atoms with E-state index in [4.69, 9.17) is 14.2 Å². The highest BCUT2D eigenvalue weighted by atomic mass is 127. The molecular formula is C21H35IN4O5. The predicted molar refractivity (Wildman–Crippen MR) is 131 cm³/mol. The Balaban J connectivity index is 0.00000480. The maximum absolute atomic E-state index is 11.8. The number of aliphatic imine (C=N–C) groups is 1. The zero-order chi connectivity index (χ0) is 21.9. The predicted octanol–water partition coefficient (Wildman–Crippen LogP) is 2.53. The number of methoxy groups -OCH3 is 2. The van der Waals surface area contributed by atoms with Crippen LogP contribution in [0.5, 0.6) is 11.5 Å². The standard InChI is InChI=1S/C21H34N4O5.HI/c1-5-22-20(24-15-9-11-25(12-10-15)21(27)30-6-2)23-14-18(26)17-13-16(28-3)7-8-19(17)29-4;/h7-8,13,15,18,26H,5-6,9-12,14H2,1-4H3,(H2,22,23,24);1H. The fourth-order valence-corrected chi connectivity index (χ4v) is 3.31. The SMILES string of the molecule is CCNC(=NCC(O)c1cc(OC)ccc1OC)NC1CCN(C(=O)OCC)CC1.I. The monoisotopic (exact) mass is 550 g/mol. The summed E-state index contributed by atoms with van der Waals surface area (Å²) in [6.07, 6.45) is 0.508. The van der Waals surface area contributed by atoms with Crippen molar-refractivity contribution in [2.75, 3.05) is 47.0 Å². The third-order valence-corrected chi connectivity index (χ3v) is 4.92. The van der Waals surface area contributed by atoms with E-state index in [0.29, 0.717) is 49.3 Å². The number of rotatable bonds is 8. The molecule has 0 aromatic heterocycles. The van der Waals surface area contributed by atoms with E-state index in [-0.39, 0.29) is 42.7 Å². The number of aliphatic hydroxyl groups is 1. The van der Waals surface area contributed by atoms with E-state index in [1.807, 2.05) is 6.92 Å². The van der Waals surface area contributed by atoms with Crippen LogP contribution in [0.1, 0.15) is 38.4 Å². The Labute approximate surface area is 201 Å². The number of carbonyl (C=O) groups excluding carboxylic acids is 1. The van der Waals surface area contributed by atoms with E-state index < -0.39 is 6.10 Å². The second-order valence-electron chi connectivity index (χ2n) is 6.95. The lowest BCUT2D eigenvalue weighted by Gasteiger charge is -2.32. The number of nitrogens with one attached hydrogen (secondary N) is 2. The Kier molecular flexibility index (Phi) is 12.4. The fraction of sp³-hybridized carbons (Fsp3) is 0.619. The Bertz CT molecular complexity index is 711. The van der Waals surface area contributed by atoms with E-state index in [1.165, 1.54) is 0 Å². The number of halogens is 1. The van der Waals surface area contributed by atoms with Gasteiger partial charge in [-0.2, -0.15) is 0 Å². The minimum Gasteiger partial charge on any atom is -0.497 e. The van der Waals surface area contributed by atoms with E-state index in [9.17, 15) is 9.90 Å². The minimum absolute atomic E-state index is 0. The molecule has 9 nitrogen and oxygen atoms in total. The number of guanidine groups is 1. The van der Waals surface area contributed by atoms with Gasteiger partial charge >= 0.3 is 6.09 Å². The third-order valence-electron chi connectivity index (χ3n) is 4.92. The summed E-state index contributed by atoms with van der Waals surface area (Å²) in [5.41, 5.74) is 0.624. The highest BCUT2D eigenvalue weighted by molar-refractivity contribution is 14.0. The molecule has 1 aromatic rings. The third kappa shape index (κ3) is 8.24. The van der Waals surface area contributed by atoms with E-state index >= 15 is 0 Å². The van der Waals surface area contributed by atoms with Crippen LogP contribution in [-0.2, 0) is 4.74 Å². The van der Waals surface area contributed by atoms with Gasteiger partial charge in [-0.3, -0.25) is 4.99 Å². The lowest BCUT2D eigenvalue weighted by molar-refractivity contribution is 0.0963. The van der Waals surface area contributed by atoms with Crippen LogP contribution in [-0.4, -0.2) is 75.1 Å². The lowest BCUT2D eigenvalue weighted by atomic mass is 10.1. The number of aliphatic hydroxyl groups excluding tert-OH is 1. The first-order valence-corrected chi connectivity index (χ1v) is 10.4. The average Bonchev–Trinajstić information content (AvgIpc) is 2.77. The number of carbonyl (C=O) groups is 1. The smallest absolute Gasteiger partial charge is 0.409 e. The van der Waals surface area contributed by atoms with E-state index in [1.54, 1.807) is 44.2 Å². The van der Waals surface area contributed by atoms with Crippen LogP contribution in [0, 0.1) is 0 Å². The summed E-state index contributed by atoms with van der Waals surface area (Å²) in [6, 6.07) is 5.50. The minimum atomic E-state index is -0.837. The number of benzene rings is 1. The maximum atomic E-state index is 11.8. The molecule has 1 atom stereocenters. The van der Waals surface area contributed by atoms with Gasteiger partial charge in [0.25, 0.3) is 0 Å². The van der Waals surface area contributed by atoms with Crippen molar-refractivity contribution in [1.29, 1.82) is 0 Å². The summed E-state index contributed by atoms with van der Waals surface area (Å²) in [5.74, 6) is 1.86. The number of hydrogen-bond donors (Lipinski definition) is 3. The number of ether oxygens (including phenoxy) is 3. The normalized spacial score (nSPS) is 15.5. The highest BCUT2D eigenvalue weighted by Gasteiger charge is 2.24. The van der Waals surface area contributed by atoms with Gasteiger partial charge in [-0.1, -0.05) is 0 Å². The van der Waals surface area contributed by atoms with Crippen molar-refractivity contribution in [2.45, 2.75) is 38.8 Å². The quantitative estimate of drug-likeness (QED) is 0.260. The highest BCUT2D eigenvalue weighted by Crippen LogP contribution is 2.29. The van der Waals surface area contributed by atoms with Crippen molar-refractivity contribution >= 4 is 36.0 Å². The summed E-state index contributed by atoms with van der Waals surface area (Å²) in [4.78, 5) is 18.1. The zero-order valence-corrected chi connectivity index (χ0v) is 21.0. The van der Waals surface area contributed by atoms with Crippen LogP contribution in [0.2, 0.25) is 0 Å². The summed E-state index contributed by atoms with van der Waals surface area (Å²) in [6.45, 7) is 6.32. The average molecular weight is 550 g/mol. The molecule has 1 heterocycles. The van der Waals surface area contributed by atoms with E-state index in [0.717, 1.165) is 12.8 Å². The molecule has 1 fully saturated rings. The molecule has 1 aliphatic rings. The molecule has 1 aliphatic heterocycles. The molecule has 0 radical (unpaired) electrons. The van der Waals surface area contributed by atoms with E-state index in [2.05, 4.69) is 15.6 Å². The maximum Gasteiger partial charge on any atom is 0.409 e. The van der Waals surface area contributed by atoms with Gasteiger partial charge in [0.2, 0.25) is 0 Å². The van der Waals surface area contributed by atoms with Crippen molar-refractivity contribution in [1.82, 2.24) is 15.5 Å². The van der Waals surface area contributed by atoms with Crippen LogP contribution in [0.25, 0.3) is 0 Å². The first-order chi connectivity index (χ1) is 14.5. The molecule has 0 saturated carbocycles. The number of piperidine rings is 1. The molecule has 1 amide bonds. The Morgan fingerprint density at radius 1 is 1.26 bits per heavy atom. The van der Waals surface area contributed by atoms with Crippen LogP contribution in [0.3, 0.4) is 0 Å². The van der Waals surface area contributed by atoms with Crippen molar-refractivity contribution in [3.63, 3.8) is 0 Å². The van der Waals surface area contributed by atoms with Gasteiger partial charge < -0.3 is 34.9 Å². The number of likely N-dealkylation sites (tertiary alicyclic amines) is 1. The molecule has 3 N–H and O–H groups in total. The fourth-order valence-electron chi connectivity index (χ4n) is 3.31. The summed E-state index contributed by atoms with van der Waals surface area (Å²) in [5, 5.41) is 17.3. The molecule has 2 rings (SSSR count). The summed E-state index contributed by atoms with van der Waals surface area (Å²) in [7, 11) is 3.14.